The molecule has 0 spiro atoms. The first-order chi connectivity index (χ1) is 16.1. The summed E-state index contributed by atoms with van der Waals surface area (Å²) in [5.41, 5.74) is 1.16. The Morgan fingerprint density at radius 1 is 1.06 bits per heavy atom. The van der Waals surface area contributed by atoms with E-state index in [0.717, 1.165) is 25.9 Å². The molecule has 172 valence electrons. The first-order valence-corrected chi connectivity index (χ1v) is 11.1. The van der Waals surface area contributed by atoms with Crippen LogP contribution in [0.25, 0.3) is 5.76 Å². The van der Waals surface area contributed by atoms with Crippen LogP contribution >= 0.6 is 0 Å². The summed E-state index contributed by atoms with van der Waals surface area (Å²) in [7, 11) is 1.53. The summed E-state index contributed by atoms with van der Waals surface area (Å²) in [6.07, 6.45) is 2.28. The number of carbonyl (C=O) groups is 2. The minimum absolute atomic E-state index is 0.0635. The Kier molecular flexibility index (Phi) is 5.68. The number of rotatable bonds is 6. The van der Waals surface area contributed by atoms with E-state index in [1.165, 1.54) is 7.11 Å². The molecule has 2 aromatic carbocycles. The topological polar surface area (TPSA) is 88.5 Å². The molecule has 3 aliphatic rings. The molecule has 3 heterocycles. The number of carbonyl (C=O) groups excluding carboxylic acids is 2. The minimum atomic E-state index is -0.728. The predicted octanol–water partition coefficient (Wildman–Crippen LogP) is 2.94. The van der Waals surface area contributed by atoms with Crippen molar-refractivity contribution in [2.45, 2.75) is 18.9 Å². The molecule has 2 aromatic rings. The zero-order valence-corrected chi connectivity index (χ0v) is 18.5. The molecule has 0 aromatic heterocycles. The molecule has 0 radical (unpaired) electrons. The van der Waals surface area contributed by atoms with Gasteiger partial charge < -0.3 is 29.1 Å². The highest BCUT2D eigenvalue weighted by atomic mass is 16.7. The SMILES string of the molecule is COc1cccc(C(O)=C2C(=O)C(=O)N(CCN3CCCC3)[C@@H]2c2ccc3c(c2)OCO3)c1. The maximum Gasteiger partial charge on any atom is 0.295 e. The number of hydrogen-bond acceptors (Lipinski definition) is 7. The smallest absolute Gasteiger partial charge is 0.295 e. The van der Waals surface area contributed by atoms with E-state index in [9.17, 15) is 14.7 Å². The van der Waals surface area contributed by atoms with Gasteiger partial charge in [0, 0.05) is 18.7 Å². The van der Waals surface area contributed by atoms with E-state index in [4.69, 9.17) is 14.2 Å². The second-order valence-corrected chi connectivity index (χ2v) is 8.39. The number of fused-ring (bicyclic) bond motifs is 1. The minimum Gasteiger partial charge on any atom is -0.507 e. The first kappa shape index (κ1) is 21.3. The molecular formula is C25H26N2O6. The Bertz CT molecular complexity index is 1120. The van der Waals surface area contributed by atoms with Gasteiger partial charge in [0.1, 0.15) is 11.5 Å². The van der Waals surface area contributed by atoms with Crippen LogP contribution in [0.3, 0.4) is 0 Å². The van der Waals surface area contributed by atoms with Gasteiger partial charge in [0.25, 0.3) is 11.7 Å². The highest BCUT2D eigenvalue weighted by Crippen LogP contribution is 2.43. The molecule has 3 aliphatic heterocycles. The summed E-state index contributed by atoms with van der Waals surface area (Å²) in [6.45, 7) is 3.16. The van der Waals surface area contributed by atoms with E-state index < -0.39 is 17.7 Å². The predicted molar refractivity (Wildman–Crippen MR) is 120 cm³/mol. The van der Waals surface area contributed by atoms with Crippen LogP contribution in [0.2, 0.25) is 0 Å². The van der Waals surface area contributed by atoms with E-state index in [-0.39, 0.29) is 18.1 Å². The lowest BCUT2D eigenvalue weighted by Crippen LogP contribution is -2.37. The number of amides is 1. The highest BCUT2D eigenvalue weighted by molar-refractivity contribution is 6.46. The highest BCUT2D eigenvalue weighted by Gasteiger charge is 2.46. The van der Waals surface area contributed by atoms with E-state index in [0.29, 0.717) is 41.5 Å². The van der Waals surface area contributed by atoms with Gasteiger partial charge in [-0.3, -0.25) is 9.59 Å². The molecule has 1 N–H and O–H groups in total. The third-order valence-electron chi connectivity index (χ3n) is 6.45. The van der Waals surface area contributed by atoms with Gasteiger partial charge in [-0.15, -0.1) is 0 Å². The lowest BCUT2D eigenvalue weighted by molar-refractivity contribution is -0.140. The Balaban J connectivity index is 1.58. The number of hydrogen-bond donors (Lipinski definition) is 1. The van der Waals surface area contributed by atoms with Crippen molar-refractivity contribution in [1.82, 2.24) is 9.80 Å². The molecule has 2 fully saturated rings. The molecule has 0 aliphatic carbocycles. The summed E-state index contributed by atoms with van der Waals surface area (Å²) in [5, 5.41) is 11.2. The number of ether oxygens (including phenoxy) is 3. The number of benzene rings is 2. The fourth-order valence-corrected chi connectivity index (χ4v) is 4.72. The number of ketones is 1. The quantitative estimate of drug-likeness (QED) is 0.411. The molecule has 8 nitrogen and oxygen atoms in total. The molecule has 33 heavy (non-hydrogen) atoms. The third kappa shape index (κ3) is 3.91. The molecule has 2 saturated heterocycles. The zero-order chi connectivity index (χ0) is 22.9. The molecule has 1 amide bonds. The van der Waals surface area contributed by atoms with Gasteiger partial charge in [0.05, 0.1) is 18.7 Å². The van der Waals surface area contributed by atoms with Crippen molar-refractivity contribution in [3.8, 4) is 17.2 Å². The Morgan fingerprint density at radius 3 is 2.64 bits per heavy atom. The second-order valence-electron chi connectivity index (χ2n) is 8.39. The van der Waals surface area contributed by atoms with Crippen LogP contribution in [-0.2, 0) is 9.59 Å². The van der Waals surface area contributed by atoms with Crippen molar-refractivity contribution in [2.24, 2.45) is 0 Å². The summed E-state index contributed by atoms with van der Waals surface area (Å²) < 4.78 is 16.2. The maximum atomic E-state index is 13.2. The van der Waals surface area contributed by atoms with Crippen molar-refractivity contribution in [3.63, 3.8) is 0 Å². The van der Waals surface area contributed by atoms with Crippen molar-refractivity contribution in [2.75, 3.05) is 40.1 Å². The summed E-state index contributed by atoms with van der Waals surface area (Å²) in [4.78, 5) is 30.2. The number of aliphatic hydroxyl groups is 1. The van der Waals surface area contributed by atoms with Crippen LogP contribution in [0.5, 0.6) is 17.2 Å². The average molecular weight is 450 g/mol. The number of Topliss-reactive ketones (excluding diaryl/α,β-unsaturated/α-hetero) is 1. The van der Waals surface area contributed by atoms with Gasteiger partial charge >= 0.3 is 0 Å². The van der Waals surface area contributed by atoms with Gasteiger partial charge in [-0.05, 0) is 55.8 Å². The molecule has 5 rings (SSSR count). The second kappa shape index (κ2) is 8.78. The van der Waals surface area contributed by atoms with E-state index >= 15 is 0 Å². The molecule has 1 atom stereocenters. The lowest BCUT2D eigenvalue weighted by atomic mass is 9.95. The van der Waals surface area contributed by atoms with E-state index in [2.05, 4.69) is 4.90 Å². The Hall–Kier alpha value is -3.52. The van der Waals surface area contributed by atoms with Crippen LogP contribution in [0.1, 0.15) is 30.0 Å². The van der Waals surface area contributed by atoms with Crippen molar-refractivity contribution < 1.29 is 28.9 Å². The molecule has 0 unspecified atom stereocenters. The van der Waals surface area contributed by atoms with E-state index in [1.807, 2.05) is 6.07 Å². The van der Waals surface area contributed by atoms with Crippen LogP contribution in [-0.4, -0.2) is 66.7 Å². The van der Waals surface area contributed by atoms with Gasteiger partial charge in [0.2, 0.25) is 6.79 Å². The number of likely N-dealkylation sites (tertiary alicyclic amines) is 2. The van der Waals surface area contributed by atoms with Crippen LogP contribution < -0.4 is 14.2 Å². The summed E-state index contributed by atoms with van der Waals surface area (Å²) in [5.74, 6) is 0.181. The average Bonchev–Trinajstić information content (AvgIpc) is 3.58. The fraction of sp³-hybridized carbons (Fsp3) is 0.360. The summed E-state index contributed by atoms with van der Waals surface area (Å²) >= 11 is 0. The van der Waals surface area contributed by atoms with Crippen LogP contribution in [0.4, 0.5) is 0 Å². The number of aliphatic hydroxyl groups excluding tert-OH is 1. The lowest BCUT2D eigenvalue weighted by Gasteiger charge is -2.27. The fourth-order valence-electron chi connectivity index (χ4n) is 4.72. The van der Waals surface area contributed by atoms with Crippen molar-refractivity contribution in [3.05, 3.63) is 59.2 Å². The molecule has 0 bridgehead atoms. The van der Waals surface area contributed by atoms with Crippen molar-refractivity contribution in [1.29, 1.82) is 0 Å². The maximum absolute atomic E-state index is 13.2. The molecule has 8 heteroatoms. The number of nitrogens with zero attached hydrogens (tertiary/aromatic N) is 2. The Labute approximate surface area is 192 Å². The monoisotopic (exact) mass is 450 g/mol. The van der Waals surface area contributed by atoms with Gasteiger partial charge in [-0.1, -0.05) is 18.2 Å². The van der Waals surface area contributed by atoms with Crippen molar-refractivity contribution >= 4 is 17.4 Å². The Morgan fingerprint density at radius 2 is 1.85 bits per heavy atom. The van der Waals surface area contributed by atoms with Crippen LogP contribution in [0.15, 0.2) is 48.0 Å². The molecular weight excluding hydrogens is 424 g/mol. The summed E-state index contributed by atoms with van der Waals surface area (Å²) in [6, 6.07) is 11.4. The third-order valence-corrected chi connectivity index (χ3v) is 6.45. The van der Waals surface area contributed by atoms with Gasteiger partial charge in [-0.25, -0.2) is 0 Å². The normalized spacial score (nSPS) is 21.7. The van der Waals surface area contributed by atoms with Crippen LogP contribution in [0, 0.1) is 0 Å². The van der Waals surface area contributed by atoms with E-state index in [1.54, 1.807) is 41.3 Å². The van der Waals surface area contributed by atoms with Gasteiger partial charge in [0.15, 0.2) is 11.5 Å². The zero-order valence-electron chi connectivity index (χ0n) is 18.5. The molecule has 0 saturated carbocycles. The number of methoxy groups -OCH3 is 1. The van der Waals surface area contributed by atoms with Gasteiger partial charge in [-0.2, -0.15) is 0 Å². The first-order valence-electron chi connectivity index (χ1n) is 11.1. The standard InChI is InChI=1S/C25H26N2O6/c1-31-18-6-4-5-17(13-18)23(28)21-22(16-7-8-19-20(14-16)33-15-32-19)27(25(30)24(21)29)12-11-26-9-2-3-10-26/h4-8,13-14,22,28H,2-3,9-12,15H2,1H3/t22-/m1/s1. The largest absolute Gasteiger partial charge is 0.507 e.